The maximum atomic E-state index is 12.9. The van der Waals surface area contributed by atoms with Gasteiger partial charge >= 0.3 is 0 Å². The van der Waals surface area contributed by atoms with E-state index in [2.05, 4.69) is 10.6 Å². The van der Waals surface area contributed by atoms with Crippen molar-refractivity contribution < 1.29 is 14.4 Å². The van der Waals surface area contributed by atoms with Crippen LogP contribution < -0.4 is 15.5 Å². The van der Waals surface area contributed by atoms with Crippen LogP contribution in [0.1, 0.15) is 30.4 Å². The van der Waals surface area contributed by atoms with Gasteiger partial charge in [-0.1, -0.05) is 55.5 Å². The van der Waals surface area contributed by atoms with Crippen LogP contribution in [0, 0.1) is 0 Å². The molecule has 0 aromatic heterocycles. The standard InChI is InChI=1S/C27H26N4O3/c1-3-24(33)31(17-23(32)28-2)20-15-13-19(14-16-20)29-26(18-9-5-4-6-10-18)25-21-11-7-8-12-22(21)30-27(25)34/h4-16,25H,3,17H2,1-2H3,(H,28,32)(H,30,34). The molecule has 3 aromatic rings. The first-order chi connectivity index (χ1) is 16.5. The molecule has 1 aliphatic rings. The molecule has 1 heterocycles. The second-order valence-corrected chi connectivity index (χ2v) is 7.90. The van der Waals surface area contributed by atoms with Crippen molar-refractivity contribution >= 4 is 40.5 Å². The lowest BCUT2D eigenvalue weighted by Gasteiger charge is -2.21. The summed E-state index contributed by atoms with van der Waals surface area (Å²) in [4.78, 5) is 43.6. The van der Waals surface area contributed by atoms with Crippen molar-refractivity contribution in [1.29, 1.82) is 0 Å². The molecule has 7 heteroatoms. The van der Waals surface area contributed by atoms with E-state index in [1.807, 2.05) is 54.6 Å². The predicted molar refractivity (Wildman–Crippen MR) is 134 cm³/mol. The highest BCUT2D eigenvalue weighted by molar-refractivity contribution is 6.24. The van der Waals surface area contributed by atoms with E-state index >= 15 is 0 Å². The van der Waals surface area contributed by atoms with Crippen molar-refractivity contribution in [3.8, 4) is 0 Å². The van der Waals surface area contributed by atoms with Gasteiger partial charge < -0.3 is 15.5 Å². The Bertz CT molecular complexity index is 1240. The van der Waals surface area contributed by atoms with Gasteiger partial charge in [0.1, 0.15) is 12.5 Å². The van der Waals surface area contributed by atoms with Crippen LogP contribution in [0.3, 0.4) is 0 Å². The Morgan fingerprint density at radius 3 is 2.32 bits per heavy atom. The third kappa shape index (κ3) is 4.73. The van der Waals surface area contributed by atoms with Crippen LogP contribution in [0.15, 0.2) is 83.9 Å². The fourth-order valence-corrected chi connectivity index (χ4v) is 3.97. The Labute approximate surface area is 198 Å². The molecule has 3 aromatic carbocycles. The van der Waals surface area contributed by atoms with Crippen LogP contribution in [0.25, 0.3) is 0 Å². The first-order valence-corrected chi connectivity index (χ1v) is 11.2. The Hall–Kier alpha value is -4.26. The molecule has 2 N–H and O–H groups in total. The van der Waals surface area contributed by atoms with Crippen molar-refractivity contribution in [2.75, 3.05) is 23.8 Å². The molecule has 172 valence electrons. The SMILES string of the molecule is CCC(=O)N(CC(=O)NC)c1ccc(N=C(c2ccccc2)C2C(=O)Nc3ccccc32)cc1. The first-order valence-electron chi connectivity index (χ1n) is 11.2. The van der Waals surface area contributed by atoms with E-state index in [1.54, 1.807) is 31.2 Å². The topological polar surface area (TPSA) is 90.9 Å². The van der Waals surface area contributed by atoms with Gasteiger partial charge in [-0.25, -0.2) is 0 Å². The summed E-state index contributed by atoms with van der Waals surface area (Å²) in [6.45, 7) is 1.70. The average Bonchev–Trinajstić information content (AvgIpc) is 3.21. The number of benzene rings is 3. The summed E-state index contributed by atoms with van der Waals surface area (Å²) >= 11 is 0. The minimum atomic E-state index is -0.537. The van der Waals surface area contributed by atoms with Gasteiger partial charge in [-0.3, -0.25) is 19.4 Å². The van der Waals surface area contributed by atoms with E-state index < -0.39 is 5.92 Å². The largest absolute Gasteiger partial charge is 0.358 e. The second kappa shape index (κ2) is 10.1. The molecular formula is C27H26N4O3. The fourth-order valence-electron chi connectivity index (χ4n) is 3.97. The third-order valence-electron chi connectivity index (χ3n) is 5.73. The summed E-state index contributed by atoms with van der Waals surface area (Å²) < 4.78 is 0. The Kier molecular flexibility index (Phi) is 6.82. The van der Waals surface area contributed by atoms with Gasteiger partial charge in [-0.2, -0.15) is 0 Å². The van der Waals surface area contributed by atoms with E-state index in [0.717, 1.165) is 16.8 Å². The zero-order valence-corrected chi connectivity index (χ0v) is 19.1. The molecule has 0 aliphatic carbocycles. The van der Waals surface area contributed by atoms with E-state index in [1.165, 1.54) is 11.9 Å². The molecule has 1 aliphatic heterocycles. The maximum absolute atomic E-state index is 12.9. The summed E-state index contributed by atoms with van der Waals surface area (Å²) in [5.74, 6) is -1.05. The summed E-state index contributed by atoms with van der Waals surface area (Å²) in [5.41, 5.74) is 4.42. The first kappa shape index (κ1) is 22.9. The third-order valence-corrected chi connectivity index (χ3v) is 5.73. The molecule has 0 saturated carbocycles. The number of rotatable bonds is 7. The molecule has 0 radical (unpaired) electrons. The van der Waals surface area contributed by atoms with E-state index in [-0.39, 0.29) is 30.7 Å². The lowest BCUT2D eigenvalue weighted by atomic mass is 9.90. The lowest BCUT2D eigenvalue weighted by molar-refractivity contribution is -0.123. The molecule has 0 fully saturated rings. The molecule has 7 nitrogen and oxygen atoms in total. The normalized spacial score (nSPS) is 14.8. The van der Waals surface area contributed by atoms with Gasteiger partial charge in [0.05, 0.1) is 11.4 Å². The number of carbonyl (C=O) groups excluding carboxylic acids is 3. The molecule has 0 bridgehead atoms. The molecule has 3 amide bonds. The minimum Gasteiger partial charge on any atom is -0.358 e. The number of fused-ring (bicyclic) bond motifs is 1. The zero-order valence-electron chi connectivity index (χ0n) is 19.1. The van der Waals surface area contributed by atoms with Gasteiger partial charge in [-0.05, 0) is 41.5 Å². The summed E-state index contributed by atoms with van der Waals surface area (Å²) in [6.07, 6.45) is 0.283. The highest BCUT2D eigenvalue weighted by atomic mass is 16.2. The summed E-state index contributed by atoms with van der Waals surface area (Å²) in [5, 5.41) is 5.50. The van der Waals surface area contributed by atoms with Crippen molar-refractivity contribution in [2.24, 2.45) is 4.99 Å². The zero-order chi connectivity index (χ0) is 24.1. The number of amides is 3. The molecule has 1 atom stereocenters. The number of para-hydroxylation sites is 1. The van der Waals surface area contributed by atoms with Crippen molar-refractivity contribution in [3.05, 3.63) is 90.0 Å². The maximum Gasteiger partial charge on any atom is 0.239 e. The Balaban J connectivity index is 1.72. The van der Waals surface area contributed by atoms with Gasteiger partial charge in [0.2, 0.25) is 17.7 Å². The summed E-state index contributed by atoms with van der Waals surface area (Å²) in [7, 11) is 1.54. The van der Waals surface area contributed by atoms with Crippen molar-refractivity contribution in [3.63, 3.8) is 0 Å². The van der Waals surface area contributed by atoms with Crippen LogP contribution >= 0.6 is 0 Å². The van der Waals surface area contributed by atoms with Crippen LogP contribution in [0.5, 0.6) is 0 Å². The number of likely N-dealkylation sites (N-methyl/N-ethyl adjacent to an activating group) is 1. The van der Waals surface area contributed by atoms with Crippen LogP contribution in [0.2, 0.25) is 0 Å². The number of nitrogens with one attached hydrogen (secondary N) is 2. The Morgan fingerprint density at radius 2 is 1.65 bits per heavy atom. The van der Waals surface area contributed by atoms with Crippen LogP contribution in [-0.4, -0.2) is 37.0 Å². The molecule has 0 spiro atoms. The monoisotopic (exact) mass is 454 g/mol. The van der Waals surface area contributed by atoms with E-state index in [9.17, 15) is 14.4 Å². The molecular weight excluding hydrogens is 428 g/mol. The lowest BCUT2D eigenvalue weighted by Crippen LogP contribution is -2.39. The van der Waals surface area contributed by atoms with Gasteiger partial charge in [0.15, 0.2) is 0 Å². The highest BCUT2D eigenvalue weighted by Crippen LogP contribution is 2.36. The van der Waals surface area contributed by atoms with Gasteiger partial charge in [0.25, 0.3) is 0 Å². The van der Waals surface area contributed by atoms with Crippen LogP contribution in [0.4, 0.5) is 17.1 Å². The highest BCUT2D eigenvalue weighted by Gasteiger charge is 2.35. The molecule has 0 saturated heterocycles. The number of aliphatic imine (C=N–C) groups is 1. The van der Waals surface area contributed by atoms with Gasteiger partial charge in [0, 0.05) is 24.8 Å². The van der Waals surface area contributed by atoms with Gasteiger partial charge in [-0.15, -0.1) is 0 Å². The van der Waals surface area contributed by atoms with E-state index in [4.69, 9.17) is 4.99 Å². The van der Waals surface area contributed by atoms with Crippen molar-refractivity contribution in [1.82, 2.24) is 5.32 Å². The average molecular weight is 455 g/mol. The van der Waals surface area contributed by atoms with Crippen LogP contribution in [-0.2, 0) is 14.4 Å². The quantitative estimate of drug-likeness (QED) is 0.528. The van der Waals surface area contributed by atoms with E-state index in [0.29, 0.717) is 17.1 Å². The second-order valence-electron chi connectivity index (χ2n) is 7.90. The molecule has 4 rings (SSSR count). The number of hydrogen-bond acceptors (Lipinski definition) is 4. The predicted octanol–water partition coefficient (Wildman–Crippen LogP) is 4.03. The smallest absolute Gasteiger partial charge is 0.239 e. The molecule has 1 unspecified atom stereocenters. The molecule has 34 heavy (non-hydrogen) atoms. The number of carbonyl (C=O) groups is 3. The number of nitrogens with zero attached hydrogens (tertiary/aromatic N) is 2. The fraction of sp³-hybridized carbons (Fsp3) is 0.185. The summed E-state index contributed by atoms with van der Waals surface area (Å²) in [6, 6.07) is 24.4. The number of anilines is 2. The minimum absolute atomic E-state index is 0.0555. The van der Waals surface area contributed by atoms with Crippen molar-refractivity contribution in [2.45, 2.75) is 19.3 Å². The number of hydrogen-bond donors (Lipinski definition) is 2. The Morgan fingerprint density at radius 1 is 0.971 bits per heavy atom.